The molecule has 0 unspecified atom stereocenters. The lowest BCUT2D eigenvalue weighted by atomic mass is 9.85. The molecule has 0 fully saturated rings. The maximum absolute atomic E-state index is 5.46. The van der Waals surface area contributed by atoms with Crippen LogP contribution in [-0.4, -0.2) is 7.11 Å². The zero-order valence-corrected chi connectivity index (χ0v) is 10.2. The summed E-state index contributed by atoms with van der Waals surface area (Å²) in [6.45, 7) is 6.36. The van der Waals surface area contributed by atoms with E-state index < -0.39 is 0 Å². The summed E-state index contributed by atoms with van der Waals surface area (Å²) < 4.78 is 5.24. The molecule has 82 valence electrons. The number of ether oxygens (including phenoxy) is 1. The molecule has 1 rings (SSSR count). The SMILES string of the molecule is C#Cc1cc(C(C)(C)C)cc(C#C)c1OC. The first-order valence-electron chi connectivity index (χ1n) is 5.09. The van der Waals surface area contributed by atoms with E-state index >= 15 is 0 Å². The van der Waals surface area contributed by atoms with Gasteiger partial charge in [0.05, 0.1) is 18.2 Å². The van der Waals surface area contributed by atoms with E-state index in [-0.39, 0.29) is 5.41 Å². The van der Waals surface area contributed by atoms with Gasteiger partial charge in [0.25, 0.3) is 0 Å². The molecule has 16 heavy (non-hydrogen) atoms. The number of hydrogen-bond acceptors (Lipinski definition) is 1. The zero-order valence-electron chi connectivity index (χ0n) is 10.2. The predicted molar refractivity (Wildman–Crippen MR) is 67.6 cm³/mol. The van der Waals surface area contributed by atoms with Crippen molar-refractivity contribution in [2.75, 3.05) is 7.11 Å². The van der Waals surface area contributed by atoms with Crippen molar-refractivity contribution in [3.8, 4) is 30.4 Å². The fraction of sp³-hybridized carbons (Fsp3) is 0.333. The normalized spacial score (nSPS) is 10.4. The molecular weight excluding hydrogens is 196 g/mol. The molecule has 0 saturated heterocycles. The Labute approximate surface area is 97.8 Å². The van der Waals surface area contributed by atoms with E-state index in [0.29, 0.717) is 16.9 Å². The van der Waals surface area contributed by atoms with Crippen molar-refractivity contribution in [3.63, 3.8) is 0 Å². The van der Waals surface area contributed by atoms with Gasteiger partial charge in [0.1, 0.15) is 5.75 Å². The van der Waals surface area contributed by atoms with Gasteiger partial charge in [-0.2, -0.15) is 0 Å². The van der Waals surface area contributed by atoms with Crippen LogP contribution >= 0.6 is 0 Å². The summed E-state index contributed by atoms with van der Waals surface area (Å²) in [7, 11) is 1.58. The number of hydrogen-bond donors (Lipinski definition) is 0. The Kier molecular flexibility index (Phi) is 3.31. The monoisotopic (exact) mass is 212 g/mol. The van der Waals surface area contributed by atoms with E-state index in [1.165, 1.54) is 0 Å². The lowest BCUT2D eigenvalue weighted by Gasteiger charge is -2.21. The average Bonchev–Trinajstić information content (AvgIpc) is 2.25. The summed E-state index contributed by atoms with van der Waals surface area (Å²) in [5.41, 5.74) is 2.56. The number of rotatable bonds is 1. The largest absolute Gasteiger partial charge is 0.494 e. The lowest BCUT2D eigenvalue weighted by Crippen LogP contribution is -2.12. The van der Waals surface area contributed by atoms with E-state index in [4.69, 9.17) is 17.6 Å². The molecule has 0 aliphatic heterocycles. The Morgan fingerprint density at radius 3 is 1.75 bits per heavy atom. The second kappa shape index (κ2) is 4.33. The number of terminal acetylenes is 2. The van der Waals surface area contributed by atoms with E-state index in [0.717, 1.165) is 5.56 Å². The molecule has 1 heteroatoms. The van der Waals surface area contributed by atoms with Crippen molar-refractivity contribution >= 4 is 0 Å². The molecule has 0 N–H and O–H groups in total. The fourth-order valence-corrected chi connectivity index (χ4v) is 1.50. The first kappa shape index (κ1) is 12.2. The van der Waals surface area contributed by atoms with Crippen molar-refractivity contribution in [1.82, 2.24) is 0 Å². The van der Waals surface area contributed by atoms with Crippen molar-refractivity contribution in [2.24, 2.45) is 0 Å². The van der Waals surface area contributed by atoms with Crippen LogP contribution < -0.4 is 4.74 Å². The second-order valence-corrected chi connectivity index (χ2v) is 4.64. The summed E-state index contributed by atoms with van der Waals surface area (Å²) in [4.78, 5) is 0. The molecule has 0 aromatic heterocycles. The second-order valence-electron chi connectivity index (χ2n) is 4.64. The highest BCUT2D eigenvalue weighted by atomic mass is 16.5. The van der Waals surface area contributed by atoms with Gasteiger partial charge in [0.15, 0.2) is 0 Å². The highest BCUT2D eigenvalue weighted by molar-refractivity contribution is 5.58. The van der Waals surface area contributed by atoms with Crippen LogP contribution in [0.5, 0.6) is 5.75 Å². The molecule has 0 bridgehead atoms. The van der Waals surface area contributed by atoms with Crippen molar-refractivity contribution in [3.05, 3.63) is 28.8 Å². The quantitative estimate of drug-likeness (QED) is 0.650. The van der Waals surface area contributed by atoms with Crippen molar-refractivity contribution in [1.29, 1.82) is 0 Å². The third-order valence-corrected chi connectivity index (χ3v) is 2.47. The van der Waals surface area contributed by atoms with Crippen LogP contribution in [0.3, 0.4) is 0 Å². The molecule has 1 aromatic rings. The summed E-state index contributed by atoms with van der Waals surface area (Å²) in [5, 5.41) is 0. The Hall–Kier alpha value is -1.86. The average molecular weight is 212 g/mol. The summed E-state index contributed by atoms with van der Waals surface area (Å²) in [5.74, 6) is 5.84. The van der Waals surface area contributed by atoms with Gasteiger partial charge in [-0.05, 0) is 23.1 Å². The Bertz CT molecular complexity index is 441. The maximum atomic E-state index is 5.46. The van der Waals surface area contributed by atoms with Crippen LogP contribution in [-0.2, 0) is 5.41 Å². The number of methoxy groups -OCH3 is 1. The standard InChI is InChI=1S/C15H16O/c1-7-11-9-13(15(3,4)5)10-12(8-2)14(11)16-6/h1-2,9-10H,3-6H3. The first-order chi connectivity index (χ1) is 7.43. The molecule has 0 heterocycles. The molecule has 0 spiro atoms. The Balaban J connectivity index is 3.53. The highest BCUT2D eigenvalue weighted by Crippen LogP contribution is 2.30. The van der Waals surface area contributed by atoms with Gasteiger partial charge in [0, 0.05) is 0 Å². The van der Waals surface area contributed by atoms with E-state index in [2.05, 4.69) is 32.6 Å². The van der Waals surface area contributed by atoms with E-state index in [1.807, 2.05) is 12.1 Å². The lowest BCUT2D eigenvalue weighted by molar-refractivity contribution is 0.411. The first-order valence-corrected chi connectivity index (χ1v) is 5.09. The van der Waals surface area contributed by atoms with Crippen molar-refractivity contribution in [2.45, 2.75) is 26.2 Å². The summed E-state index contributed by atoms with van der Waals surface area (Å²) in [6.07, 6.45) is 10.9. The Morgan fingerprint density at radius 2 is 1.50 bits per heavy atom. The van der Waals surface area contributed by atoms with Crippen LogP contribution in [0.1, 0.15) is 37.5 Å². The van der Waals surface area contributed by atoms with Gasteiger partial charge in [-0.25, -0.2) is 0 Å². The van der Waals surface area contributed by atoms with E-state index in [9.17, 15) is 0 Å². The minimum atomic E-state index is 0.0173. The summed E-state index contributed by atoms with van der Waals surface area (Å²) >= 11 is 0. The molecule has 0 aliphatic carbocycles. The molecule has 0 amide bonds. The van der Waals surface area contributed by atoms with Gasteiger partial charge in [-0.3, -0.25) is 0 Å². The van der Waals surface area contributed by atoms with Crippen LogP contribution in [0, 0.1) is 24.7 Å². The summed E-state index contributed by atoms with van der Waals surface area (Å²) in [6, 6.07) is 3.92. The Morgan fingerprint density at radius 1 is 1.06 bits per heavy atom. The molecule has 0 aliphatic rings. The predicted octanol–water partition coefficient (Wildman–Crippen LogP) is 2.96. The van der Waals surface area contributed by atoms with Gasteiger partial charge in [0.2, 0.25) is 0 Å². The number of benzene rings is 1. The van der Waals surface area contributed by atoms with Crippen LogP contribution in [0.15, 0.2) is 12.1 Å². The molecule has 1 aromatic carbocycles. The molecular formula is C15H16O. The van der Waals surface area contributed by atoms with Crippen LogP contribution in [0.4, 0.5) is 0 Å². The van der Waals surface area contributed by atoms with E-state index in [1.54, 1.807) is 7.11 Å². The van der Waals surface area contributed by atoms with Gasteiger partial charge < -0.3 is 4.74 Å². The van der Waals surface area contributed by atoms with Crippen molar-refractivity contribution < 1.29 is 4.74 Å². The third kappa shape index (κ3) is 2.20. The molecule has 0 radical (unpaired) electrons. The topological polar surface area (TPSA) is 9.23 Å². The maximum Gasteiger partial charge on any atom is 0.150 e. The van der Waals surface area contributed by atoms with Crippen LogP contribution in [0.25, 0.3) is 0 Å². The molecule has 0 atom stereocenters. The highest BCUT2D eigenvalue weighted by Gasteiger charge is 2.18. The fourth-order valence-electron chi connectivity index (χ4n) is 1.50. The molecule has 0 saturated carbocycles. The smallest absolute Gasteiger partial charge is 0.150 e. The third-order valence-electron chi connectivity index (χ3n) is 2.47. The molecule has 1 nitrogen and oxygen atoms in total. The minimum Gasteiger partial charge on any atom is -0.494 e. The van der Waals surface area contributed by atoms with Gasteiger partial charge >= 0.3 is 0 Å². The van der Waals surface area contributed by atoms with Gasteiger partial charge in [-0.1, -0.05) is 32.6 Å². The zero-order chi connectivity index (χ0) is 12.3. The minimum absolute atomic E-state index is 0.0173. The van der Waals surface area contributed by atoms with Gasteiger partial charge in [-0.15, -0.1) is 12.8 Å². The van der Waals surface area contributed by atoms with Crippen LogP contribution in [0.2, 0.25) is 0 Å².